The van der Waals surface area contributed by atoms with Crippen LogP contribution in [0.4, 0.5) is 0 Å². The monoisotopic (exact) mass is 282 g/mol. The molecule has 5 heteroatoms. The Bertz CT molecular complexity index is 378. The van der Waals surface area contributed by atoms with Gasteiger partial charge in [-0.1, -0.05) is 27.7 Å². The second-order valence-electron chi connectivity index (χ2n) is 6.26. The molecule has 116 valence electrons. The normalized spacial score (nSPS) is 14.7. The van der Waals surface area contributed by atoms with Crippen LogP contribution in [0.3, 0.4) is 0 Å². The number of aromatic nitrogens is 3. The van der Waals surface area contributed by atoms with E-state index in [1.165, 1.54) is 0 Å². The summed E-state index contributed by atoms with van der Waals surface area (Å²) in [7, 11) is 1.73. The van der Waals surface area contributed by atoms with Crippen molar-refractivity contribution in [3.8, 4) is 0 Å². The van der Waals surface area contributed by atoms with Gasteiger partial charge in [0.25, 0.3) is 0 Å². The quantitative estimate of drug-likeness (QED) is 0.668. The molecular formula is C15H30N4O. The largest absolute Gasteiger partial charge is 0.383 e. The van der Waals surface area contributed by atoms with E-state index in [1.54, 1.807) is 13.4 Å². The van der Waals surface area contributed by atoms with E-state index in [9.17, 15) is 0 Å². The molecule has 0 aliphatic heterocycles. The molecule has 1 N–H and O–H groups in total. The number of hydrogen-bond donors (Lipinski definition) is 1. The maximum atomic E-state index is 5.07. The summed E-state index contributed by atoms with van der Waals surface area (Å²) < 4.78 is 7.12. The van der Waals surface area contributed by atoms with Crippen molar-refractivity contribution in [1.29, 1.82) is 0 Å². The van der Waals surface area contributed by atoms with E-state index in [0.29, 0.717) is 5.92 Å². The van der Waals surface area contributed by atoms with Gasteiger partial charge in [-0.15, -0.1) is 0 Å². The highest BCUT2D eigenvalue weighted by Gasteiger charge is 2.25. The number of methoxy groups -OCH3 is 1. The average molecular weight is 282 g/mol. The molecule has 0 aromatic carbocycles. The Morgan fingerprint density at radius 1 is 1.45 bits per heavy atom. The molecule has 1 unspecified atom stereocenters. The fourth-order valence-electron chi connectivity index (χ4n) is 2.18. The minimum Gasteiger partial charge on any atom is -0.383 e. The Morgan fingerprint density at radius 2 is 2.20 bits per heavy atom. The van der Waals surface area contributed by atoms with Gasteiger partial charge in [0.05, 0.1) is 6.61 Å². The average Bonchev–Trinajstić information content (AvgIpc) is 2.81. The molecule has 1 atom stereocenters. The van der Waals surface area contributed by atoms with Crippen molar-refractivity contribution < 1.29 is 4.74 Å². The van der Waals surface area contributed by atoms with Crippen LogP contribution in [-0.2, 0) is 17.7 Å². The molecule has 1 rings (SSSR count). The summed E-state index contributed by atoms with van der Waals surface area (Å²) >= 11 is 0. The fourth-order valence-corrected chi connectivity index (χ4v) is 2.18. The molecule has 0 aliphatic carbocycles. The van der Waals surface area contributed by atoms with Crippen molar-refractivity contribution >= 4 is 0 Å². The molecule has 0 bridgehead atoms. The lowest BCUT2D eigenvalue weighted by Gasteiger charge is -2.28. The lowest BCUT2D eigenvalue weighted by Crippen LogP contribution is -2.35. The van der Waals surface area contributed by atoms with Crippen LogP contribution in [0.5, 0.6) is 0 Å². The highest BCUT2D eigenvalue weighted by Crippen LogP contribution is 2.25. The first-order valence-electron chi connectivity index (χ1n) is 7.57. The van der Waals surface area contributed by atoms with E-state index in [4.69, 9.17) is 4.74 Å². The molecule has 0 spiro atoms. The van der Waals surface area contributed by atoms with E-state index < -0.39 is 0 Å². The lowest BCUT2D eigenvalue weighted by atomic mass is 9.83. The Morgan fingerprint density at radius 3 is 2.80 bits per heavy atom. The number of nitrogens with one attached hydrogen (secondary N) is 1. The summed E-state index contributed by atoms with van der Waals surface area (Å²) in [6, 6.07) is 0. The summed E-state index contributed by atoms with van der Waals surface area (Å²) in [5.41, 5.74) is 0.204. The van der Waals surface area contributed by atoms with Gasteiger partial charge in [-0.3, -0.25) is 0 Å². The molecule has 0 radical (unpaired) electrons. The minimum atomic E-state index is 0.204. The van der Waals surface area contributed by atoms with E-state index >= 15 is 0 Å². The highest BCUT2D eigenvalue weighted by molar-refractivity contribution is 4.93. The van der Waals surface area contributed by atoms with Gasteiger partial charge in [0.1, 0.15) is 12.2 Å². The third-order valence-electron chi connectivity index (χ3n) is 3.71. The van der Waals surface area contributed by atoms with Gasteiger partial charge in [-0.25, -0.2) is 9.67 Å². The topological polar surface area (TPSA) is 52.0 Å². The smallest absolute Gasteiger partial charge is 0.138 e. The maximum Gasteiger partial charge on any atom is 0.138 e. The predicted molar refractivity (Wildman–Crippen MR) is 81.7 cm³/mol. The zero-order valence-electron chi connectivity index (χ0n) is 13.6. The van der Waals surface area contributed by atoms with Crippen LogP contribution in [0.15, 0.2) is 6.33 Å². The van der Waals surface area contributed by atoms with Gasteiger partial charge in [0, 0.05) is 33.2 Å². The van der Waals surface area contributed by atoms with Crippen LogP contribution >= 0.6 is 0 Å². The third kappa shape index (κ3) is 5.59. The van der Waals surface area contributed by atoms with Crippen LogP contribution in [0.2, 0.25) is 0 Å². The summed E-state index contributed by atoms with van der Waals surface area (Å²) in [5, 5.41) is 7.82. The number of nitrogens with zero attached hydrogens (tertiary/aromatic N) is 3. The zero-order chi connectivity index (χ0) is 15.0. The summed E-state index contributed by atoms with van der Waals surface area (Å²) in [6.45, 7) is 12.5. The third-order valence-corrected chi connectivity index (χ3v) is 3.71. The molecular weight excluding hydrogens is 252 g/mol. The predicted octanol–water partition coefficient (Wildman–Crippen LogP) is 2.13. The number of hydrogen-bond acceptors (Lipinski definition) is 4. The van der Waals surface area contributed by atoms with E-state index in [0.717, 1.165) is 44.9 Å². The van der Waals surface area contributed by atoms with Crippen molar-refractivity contribution in [2.75, 3.05) is 26.8 Å². The van der Waals surface area contributed by atoms with Gasteiger partial charge in [-0.2, -0.15) is 5.10 Å². The van der Waals surface area contributed by atoms with Crippen LogP contribution in [-0.4, -0.2) is 41.6 Å². The SMILES string of the molecule is CCC(C)(CNCCOC)Cc1ncnn1CC(C)C. The van der Waals surface area contributed by atoms with Gasteiger partial charge >= 0.3 is 0 Å². The molecule has 0 saturated heterocycles. The van der Waals surface area contributed by atoms with Crippen molar-refractivity contribution in [3.05, 3.63) is 12.2 Å². The van der Waals surface area contributed by atoms with Crippen molar-refractivity contribution in [2.24, 2.45) is 11.3 Å². The molecule has 1 aromatic heterocycles. The van der Waals surface area contributed by atoms with Crippen LogP contribution in [0.25, 0.3) is 0 Å². The van der Waals surface area contributed by atoms with E-state index in [1.807, 2.05) is 4.68 Å². The second-order valence-corrected chi connectivity index (χ2v) is 6.26. The Kier molecular flexibility index (Phi) is 7.16. The summed E-state index contributed by atoms with van der Waals surface area (Å²) in [5.74, 6) is 1.68. The van der Waals surface area contributed by atoms with Crippen molar-refractivity contribution in [1.82, 2.24) is 20.1 Å². The van der Waals surface area contributed by atoms with Crippen molar-refractivity contribution in [3.63, 3.8) is 0 Å². The maximum absolute atomic E-state index is 5.07. The van der Waals surface area contributed by atoms with Gasteiger partial charge in [0.2, 0.25) is 0 Å². The Hall–Kier alpha value is -0.940. The first-order valence-corrected chi connectivity index (χ1v) is 7.57. The molecule has 1 heterocycles. The molecule has 0 fully saturated rings. The summed E-state index contributed by atoms with van der Waals surface area (Å²) in [4.78, 5) is 4.45. The second kappa shape index (κ2) is 8.37. The lowest BCUT2D eigenvalue weighted by molar-refractivity contribution is 0.190. The van der Waals surface area contributed by atoms with Gasteiger partial charge < -0.3 is 10.1 Å². The zero-order valence-corrected chi connectivity index (χ0v) is 13.6. The van der Waals surface area contributed by atoms with Crippen LogP contribution < -0.4 is 5.32 Å². The Balaban J connectivity index is 2.60. The highest BCUT2D eigenvalue weighted by atomic mass is 16.5. The van der Waals surface area contributed by atoms with E-state index in [-0.39, 0.29) is 5.41 Å². The standard InChI is InChI=1S/C15H30N4O/c1-6-15(4,11-16-7-8-20-5)9-14-17-12-18-19(14)10-13(2)3/h12-13,16H,6-11H2,1-5H3. The molecule has 0 amide bonds. The van der Waals surface area contributed by atoms with Gasteiger partial charge in [-0.05, 0) is 17.8 Å². The minimum absolute atomic E-state index is 0.204. The van der Waals surface area contributed by atoms with E-state index in [2.05, 4.69) is 43.1 Å². The number of ether oxygens (including phenoxy) is 1. The fraction of sp³-hybridized carbons (Fsp3) is 0.867. The van der Waals surface area contributed by atoms with Crippen LogP contribution in [0.1, 0.15) is 39.9 Å². The van der Waals surface area contributed by atoms with Crippen LogP contribution in [0, 0.1) is 11.3 Å². The molecule has 5 nitrogen and oxygen atoms in total. The molecule has 0 aliphatic rings. The first kappa shape index (κ1) is 17.1. The van der Waals surface area contributed by atoms with Gasteiger partial charge in [0.15, 0.2) is 0 Å². The number of rotatable bonds is 10. The Labute approximate surface area is 123 Å². The molecule has 0 saturated carbocycles. The summed E-state index contributed by atoms with van der Waals surface area (Å²) in [6.07, 6.45) is 3.74. The molecule has 20 heavy (non-hydrogen) atoms. The van der Waals surface area contributed by atoms with Crippen molar-refractivity contribution in [2.45, 2.75) is 47.1 Å². The molecule has 1 aromatic rings. The first-order chi connectivity index (χ1) is 9.50.